The third-order valence-corrected chi connectivity index (χ3v) is 3.51. The summed E-state index contributed by atoms with van der Waals surface area (Å²) in [6, 6.07) is 2.94. The van der Waals surface area contributed by atoms with Crippen molar-refractivity contribution in [3.05, 3.63) is 52.5 Å². The first-order valence-corrected chi connectivity index (χ1v) is 7.20. The van der Waals surface area contributed by atoms with Gasteiger partial charge in [-0.2, -0.15) is 0 Å². The minimum Gasteiger partial charge on any atom is -0.481 e. The summed E-state index contributed by atoms with van der Waals surface area (Å²) < 4.78 is 18.7. The molecule has 0 aliphatic heterocycles. The van der Waals surface area contributed by atoms with Crippen LogP contribution in [0.2, 0.25) is 5.02 Å². The second-order valence-corrected chi connectivity index (χ2v) is 5.18. The van der Waals surface area contributed by atoms with E-state index in [-0.39, 0.29) is 10.7 Å². The van der Waals surface area contributed by atoms with Crippen molar-refractivity contribution in [3.8, 4) is 0 Å². The molecule has 1 unspecified atom stereocenters. The van der Waals surface area contributed by atoms with E-state index in [9.17, 15) is 14.0 Å². The Kier molecular flexibility index (Phi) is 5.33. The highest BCUT2D eigenvalue weighted by Crippen LogP contribution is 2.23. The number of hydrogen-bond donors (Lipinski definition) is 2. The van der Waals surface area contributed by atoms with Gasteiger partial charge in [0.2, 0.25) is 0 Å². The van der Waals surface area contributed by atoms with Crippen LogP contribution in [-0.2, 0) is 11.2 Å². The number of carboxylic acid groups (broad SMARTS) is 1. The summed E-state index contributed by atoms with van der Waals surface area (Å²) in [4.78, 5) is 27.1. The van der Waals surface area contributed by atoms with Crippen LogP contribution in [0.15, 0.2) is 29.0 Å². The van der Waals surface area contributed by atoms with Crippen LogP contribution in [0.25, 0.3) is 0 Å². The molecule has 0 fully saturated rings. The Labute approximate surface area is 136 Å². The van der Waals surface area contributed by atoms with Gasteiger partial charge in [0, 0.05) is 6.42 Å². The van der Waals surface area contributed by atoms with E-state index < -0.39 is 30.2 Å². The number of halogens is 2. The van der Waals surface area contributed by atoms with E-state index in [0.717, 1.165) is 12.5 Å². The van der Waals surface area contributed by atoms with Crippen molar-refractivity contribution in [2.24, 2.45) is 0 Å². The summed E-state index contributed by atoms with van der Waals surface area (Å²) in [6.07, 6.45) is 1.19. The Morgan fingerprint density at radius 1 is 1.48 bits per heavy atom. The Morgan fingerprint density at radius 3 is 2.83 bits per heavy atom. The van der Waals surface area contributed by atoms with E-state index in [1.807, 2.05) is 0 Å². The number of hydrogen-bond acceptors (Lipinski definition) is 4. The lowest BCUT2D eigenvalue weighted by Gasteiger charge is -2.17. The summed E-state index contributed by atoms with van der Waals surface area (Å²) in [5.41, 5.74) is 0.376. The second kappa shape index (κ2) is 7.23. The maximum atomic E-state index is 13.6. The molecule has 0 spiro atoms. The molecule has 0 saturated carbocycles. The normalized spacial score (nSPS) is 12.0. The molecule has 6 nitrogen and oxygen atoms in total. The number of nitrogens with one attached hydrogen (secondary N) is 1. The number of oxazole rings is 1. The molecule has 2 N–H and O–H groups in total. The van der Waals surface area contributed by atoms with E-state index in [0.29, 0.717) is 17.7 Å². The first kappa shape index (κ1) is 17.0. The summed E-state index contributed by atoms with van der Waals surface area (Å²) in [7, 11) is 0. The SMILES string of the molecule is CCc1ocnc1C(=O)NC(CC(=O)O)c1ccc(Cl)c(F)c1. The highest BCUT2D eigenvalue weighted by atomic mass is 35.5. The first-order chi connectivity index (χ1) is 10.9. The fraction of sp³-hybridized carbons (Fsp3) is 0.267. The molecule has 0 saturated heterocycles. The van der Waals surface area contributed by atoms with Crippen LogP contribution in [0.3, 0.4) is 0 Å². The predicted octanol–water partition coefficient (Wildman–Crippen LogP) is 2.98. The number of aryl methyl sites for hydroxylation is 1. The Bertz CT molecular complexity index is 732. The van der Waals surface area contributed by atoms with Crippen LogP contribution in [0.4, 0.5) is 4.39 Å². The Morgan fingerprint density at radius 2 is 2.22 bits per heavy atom. The maximum absolute atomic E-state index is 13.6. The van der Waals surface area contributed by atoms with Gasteiger partial charge in [-0.05, 0) is 17.7 Å². The molecule has 8 heteroatoms. The van der Waals surface area contributed by atoms with Crippen LogP contribution in [0.1, 0.15) is 41.2 Å². The van der Waals surface area contributed by atoms with E-state index in [4.69, 9.17) is 21.1 Å². The zero-order valence-corrected chi connectivity index (χ0v) is 12.9. The minimum absolute atomic E-state index is 0.0809. The summed E-state index contributed by atoms with van der Waals surface area (Å²) in [5, 5.41) is 11.5. The summed E-state index contributed by atoms with van der Waals surface area (Å²) in [5.74, 6) is -2.03. The standard InChI is InChI=1S/C15H14ClFN2O4/c1-2-12-14(18-7-23-12)15(22)19-11(6-13(20)21)8-3-4-9(16)10(17)5-8/h3-5,7,11H,2,6H2,1H3,(H,19,22)(H,20,21). The molecule has 0 aliphatic carbocycles. The monoisotopic (exact) mass is 340 g/mol. The highest BCUT2D eigenvalue weighted by Gasteiger charge is 2.23. The van der Waals surface area contributed by atoms with Gasteiger partial charge in [-0.1, -0.05) is 24.6 Å². The lowest BCUT2D eigenvalue weighted by Crippen LogP contribution is -2.31. The number of carbonyl (C=O) groups is 2. The van der Waals surface area contributed by atoms with Gasteiger partial charge >= 0.3 is 5.97 Å². The largest absolute Gasteiger partial charge is 0.481 e. The number of nitrogens with zero attached hydrogens (tertiary/aromatic N) is 1. The van der Waals surface area contributed by atoms with E-state index >= 15 is 0 Å². The molecule has 0 aliphatic rings. The zero-order chi connectivity index (χ0) is 17.0. The van der Waals surface area contributed by atoms with Gasteiger partial charge in [0.15, 0.2) is 12.1 Å². The quantitative estimate of drug-likeness (QED) is 0.843. The number of aromatic nitrogens is 1. The van der Waals surface area contributed by atoms with Crippen LogP contribution in [0, 0.1) is 5.82 Å². The number of rotatable bonds is 6. The topological polar surface area (TPSA) is 92.4 Å². The third kappa shape index (κ3) is 4.07. The smallest absolute Gasteiger partial charge is 0.305 e. The Balaban J connectivity index is 2.26. The van der Waals surface area contributed by atoms with Gasteiger partial charge in [0.05, 0.1) is 17.5 Å². The predicted molar refractivity (Wildman–Crippen MR) is 79.8 cm³/mol. The van der Waals surface area contributed by atoms with Crippen molar-refractivity contribution < 1.29 is 23.5 Å². The van der Waals surface area contributed by atoms with Crippen LogP contribution in [0.5, 0.6) is 0 Å². The molecule has 0 radical (unpaired) electrons. The molecule has 23 heavy (non-hydrogen) atoms. The molecule has 1 aromatic heterocycles. The highest BCUT2D eigenvalue weighted by molar-refractivity contribution is 6.30. The van der Waals surface area contributed by atoms with Crippen molar-refractivity contribution in [3.63, 3.8) is 0 Å². The van der Waals surface area contributed by atoms with Crippen LogP contribution >= 0.6 is 11.6 Å². The molecular formula is C15H14ClFN2O4. The minimum atomic E-state index is -1.14. The van der Waals surface area contributed by atoms with E-state index in [2.05, 4.69) is 10.3 Å². The van der Waals surface area contributed by atoms with Gasteiger partial charge in [-0.3, -0.25) is 9.59 Å². The maximum Gasteiger partial charge on any atom is 0.305 e. The van der Waals surface area contributed by atoms with Crippen molar-refractivity contribution in [1.82, 2.24) is 10.3 Å². The van der Waals surface area contributed by atoms with E-state index in [1.54, 1.807) is 6.92 Å². The third-order valence-electron chi connectivity index (χ3n) is 3.21. The van der Waals surface area contributed by atoms with Crippen molar-refractivity contribution in [1.29, 1.82) is 0 Å². The fourth-order valence-corrected chi connectivity index (χ4v) is 2.21. The van der Waals surface area contributed by atoms with Gasteiger partial charge in [0.25, 0.3) is 5.91 Å². The number of amides is 1. The molecule has 122 valence electrons. The molecule has 2 aromatic rings. The molecule has 1 amide bonds. The lowest BCUT2D eigenvalue weighted by molar-refractivity contribution is -0.137. The van der Waals surface area contributed by atoms with Crippen LogP contribution < -0.4 is 5.32 Å². The molecular weight excluding hydrogens is 327 g/mol. The average molecular weight is 341 g/mol. The first-order valence-electron chi connectivity index (χ1n) is 6.82. The second-order valence-electron chi connectivity index (χ2n) is 4.78. The zero-order valence-electron chi connectivity index (χ0n) is 12.2. The molecule has 1 atom stereocenters. The van der Waals surface area contributed by atoms with Crippen molar-refractivity contribution in [2.45, 2.75) is 25.8 Å². The van der Waals surface area contributed by atoms with Gasteiger partial charge in [-0.25, -0.2) is 9.37 Å². The number of benzene rings is 1. The van der Waals surface area contributed by atoms with E-state index in [1.165, 1.54) is 12.1 Å². The van der Waals surface area contributed by atoms with Gasteiger partial charge < -0.3 is 14.8 Å². The van der Waals surface area contributed by atoms with Gasteiger partial charge in [-0.15, -0.1) is 0 Å². The average Bonchev–Trinajstić information content (AvgIpc) is 2.97. The van der Waals surface area contributed by atoms with Crippen molar-refractivity contribution in [2.75, 3.05) is 0 Å². The number of carbonyl (C=O) groups excluding carboxylic acids is 1. The number of aliphatic carboxylic acids is 1. The summed E-state index contributed by atoms with van der Waals surface area (Å²) in [6.45, 7) is 1.79. The molecule has 0 bridgehead atoms. The Hall–Kier alpha value is -2.41. The van der Waals surface area contributed by atoms with Gasteiger partial charge in [0.1, 0.15) is 11.6 Å². The van der Waals surface area contributed by atoms with Crippen LogP contribution in [-0.4, -0.2) is 22.0 Å². The molecule has 1 heterocycles. The van der Waals surface area contributed by atoms with Crippen molar-refractivity contribution >= 4 is 23.5 Å². The number of carboxylic acids is 1. The molecule has 1 aromatic carbocycles. The molecule has 2 rings (SSSR count). The lowest BCUT2D eigenvalue weighted by atomic mass is 10.0. The fourth-order valence-electron chi connectivity index (χ4n) is 2.09. The summed E-state index contributed by atoms with van der Waals surface area (Å²) >= 11 is 5.62.